The summed E-state index contributed by atoms with van der Waals surface area (Å²) in [5.41, 5.74) is 1.66. The fraction of sp³-hybridized carbons (Fsp3) is 0.250. The van der Waals surface area contributed by atoms with E-state index in [0.717, 1.165) is 5.56 Å². The Morgan fingerprint density at radius 3 is 2.44 bits per heavy atom. The molecule has 0 bridgehead atoms. The maximum Gasteiger partial charge on any atom is 0.200 e. The molecule has 3 rings (SSSR count). The van der Waals surface area contributed by atoms with Crippen LogP contribution in [0.25, 0.3) is 22.1 Å². The van der Waals surface area contributed by atoms with Gasteiger partial charge in [-0.05, 0) is 43.7 Å². The van der Waals surface area contributed by atoms with Crippen LogP contribution in [-0.4, -0.2) is 20.8 Å². The lowest BCUT2D eigenvalue weighted by molar-refractivity contribution is 0.340. The zero-order valence-electron chi connectivity index (χ0n) is 14.7. The molecule has 1 heterocycles. The second kappa shape index (κ2) is 6.89. The lowest BCUT2D eigenvalue weighted by Crippen LogP contribution is -2.08. The minimum absolute atomic E-state index is 0.0889. The number of rotatable bonds is 5. The van der Waals surface area contributed by atoms with Crippen LogP contribution in [0.2, 0.25) is 0 Å². The number of fused-ring (bicyclic) bond motifs is 1. The van der Waals surface area contributed by atoms with Gasteiger partial charge in [-0.25, -0.2) is 0 Å². The predicted octanol–water partition coefficient (Wildman–Crippen LogP) is 4.18. The molecule has 5 heteroatoms. The molecule has 0 aliphatic heterocycles. The van der Waals surface area contributed by atoms with Gasteiger partial charge in [0.05, 0.1) is 31.8 Å². The monoisotopic (exact) mass is 340 g/mol. The summed E-state index contributed by atoms with van der Waals surface area (Å²) in [6.07, 6.45) is 0. The fourth-order valence-electron chi connectivity index (χ4n) is 2.87. The summed E-state index contributed by atoms with van der Waals surface area (Å²) in [5.74, 6) is 2.39. The summed E-state index contributed by atoms with van der Waals surface area (Å²) in [5, 5.41) is 0.513. The number of hydrogen-bond acceptors (Lipinski definition) is 5. The van der Waals surface area contributed by atoms with E-state index >= 15 is 0 Å². The Hall–Kier alpha value is -2.95. The van der Waals surface area contributed by atoms with Gasteiger partial charge in [0.15, 0.2) is 11.5 Å². The zero-order chi connectivity index (χ0) is 18.0. The average molecular weight is 340 g/mol. The maximum atomic E-state index is 13.0. The van der Waals surface area contributed by atoms with Gasteiger partial charge >= 0.3 is 0 Å². The van der Waals surface area contributed by atoms with Crippen LogP contribution in [0.5, 0.6) is 17.2 Å². The van der Waals surface area contributed by atoms with E-state index in [1.165, 1.54) is 0 Å². The number of hydrogen-bond donors (Lipinski definition) is 0. The summed E-state index contributed by atoms with van der Waals surface area (Å²) in [6.45, 7) is 4.24. The van der Waals surface area contributed by atoms with Crippen molar-refractivity contribution in [3.05, 3.63) is 52.4 Å². The van der Waals surface area contributed by atoms with Crippen molar-refractivity contribution in [2.75, 3.05) is 20.8 Å². The van der Waals surface area contributed by atoms with Crippen LogP contribution in [0.15, 0.2) is 45.6 Å². The van der Waals surface area contributed by atoms with E-state index in [1.54, 1.807) is 51.5 Å². The van der Waals surface area contributed by atoms with E-state index in [-0.39, 0.29) is 5.43 Å². The molecule has 0 fully saturated rings. The summed E-state index contributed by atoms with van der Waals surface area (Å²) >= 11 is 0. The van der Waals surface area contributed by atoms with Crippen LogP contribution >= 0.6 is 0 Å². The van der Waals surface area contributed by atoms with Gasteiger partial charge in [-0.2, -0.15) is 0 Å². The highest BCUT2D eigenvalue weighted by molar-refractivity contribution is 5.84. The molecule has 130 valence electrons. The second-order valence-electron chi connectivity index (χ2n) is 5.52. The van der Waals surface area contributed by atoms with E-state index in [4.69, 9.17) is 18.6 Å². The van der Waals surface area contributed by atoms with Crippen LogP contribution in [0.1, 0.15) is 12.7 Å². The van der Waals surface area contributed by atoms with Gasteiger partial charge in [0.25, 0.3) is 0 Å². The van der Waals surface area contributed by atoms with E-state index in [1.807, 2.05) is 13.0 Å². The van der Waals surface area contributed by atoms with Gasteiger partial charge in [-0.15, -0.1) is 0 Å². The Kier molecular flexibility index (Phi) is 4.65. The smallest absolute Gasteiger partial charge is 0.200 e. The molecule has 0 amide bonds. The highest BCUT2D eigenvalue weighted by Crippen LogP contribution is 2.33. The molecule has 0 radical (unpaired) electrons. The Labute approximate surface area is 145 Å². The molecule has 0 atom stereocenters. The normalized spacial score (nSPS) is 10.7. The maximum absolute atomic E-state index is 13.0. The first kappa shape index (κ1) is 16.9. The zero-order valence-corrected chi connectivity index (χ0v) is 14.7. The van der Waals surface area contributed by atoms with Crippen LogP contribution in [-0.2, 0) is 0 Å². The third-order valence-corrected chi connectivity index (χ3v) is 4.02. The SMILES string of the molecule is CCOc1ccc2c(=O)c(-c3ccc(OC)c(OC)c3)c(C)oc2c1. The minimum atomic E-state index is -0.0889. The Balaban J connectivity index is 2.20. The number of benzene rings is 2. The molecular formula is C20H20O5. The van der Waals surface area contributed by atoms with Crippen LogP contribution < -0.4 is 19.6 Å². The number of aryl methyl sites for hydroxylation is 1. The molecule has 2 aromatic carbocycles. The highest BCUT2D eigenvalue weighted by Gasteiger charge is 2.16. The Morgan fingerprint density at radius 1 is 1.00 bits per heavy atom. The van der Waals surface area contributed by atoms with Crippen molar-refractivity contribution in [2.45, 2.75) is 13.8 Å². The Bertz CT molecular complexity index is 972. The molecule has 0 unspecified atom stereocenters. The molecule has 1 aromatic heterocycles. The van der Waals surface area contributed by atoms with Crippen molar-refractivity contribution in [1.82, 2.24) is 0 Å². The summed E-state index contributed by atoms with van der Waals surface area (Å²) in [6, 6.07) is 10.6. The topological polar surface area (TPSA) is 57.9 Å². The molecule has 5 nitrogen and oxygen atoms in total. The summed E-state index contributed by atoms with van der Waals surface area (Å²) in [4.78, 5) is 13.0. The fourth-order valence-corrected chi connectivity index (χ4v) is 2.87. The van der Waals surface area contributed by atoms with Gasteiger partial charge < -0.3 is 18.6 Å². The lowest BCUT2D eigenvalue weighted by Gasteiger charge is -2.11. The van der Waals surface area contributed by atoms with Crippen LogP contribution in [0.3, 0.4) is 0 Å². The molecule has 0 spiro atoms. The van der Waals surface area contributed by atoms with Crippen molar-refractivity contribution in [3.8, 4) is 28.4 Å². The average Bonchev–Trinajstić information content (AvgIpc) is 2.61. The van der Waals surface area contributed by atoms with Crippen molar-refractivity contribution in [2.24, 2.45) is 0 Å². The quantitative estimate of drug-likeness (QED) is 0.697. The van der Waals surface area contributed by atoms with Crippen molar-refractivity contribution < 1.29 is 18.6 Å². The Morgan fingerprint density at radius 2 is 1.76 bits per heavy atom. The van der Waals surface area contributed by atoms with Gasteiger partial charge in [0.1, 0.15) is 17.1 Å². The van der Waals surface area contributed by atoms with E-state index in [2.05, 4.69) is 0 Å². The molecule has 0 saturated heterocycles. The van der Waals surface area contributed by atoms with Crippen molar-refractivity contribution in [3.63, 3.8) is 0 Å². The van der Waals surface area contributed by atoms with Gasteiger partial charge in [-0.1, -0.05) is 6.07 Å². The van der Waals surface area contributed by atoms with E-state index in [9.17, 15) is 4.79 Å². The van der Waals surface area contributed by atoms with Crippen molar-refractivity contribution in [1.29, 1.82) is 0 Å². The van der Waals surface area contributed by atoms with Crippen LogP contribution in [0, 0.1) is 6.92 Å². The standard InChI is InChI=1S/C20H20O5/c1-5-24-14-7-8-15-17(11-14)25-12(2)19(20(15)21)13-6-9-16(22-3)18(10-13)23-4/h6-11H,5H2,1-4H3. The first-order valence-corrected chi connectivity index (χ1v) is 8.01. The van der Waals surface area contributed by atoms with Gasteiger partial charge in [0, 0.05) is 6.07 Å². The third-order valence-electron chi connectivity index (χ3n) is 4.02. The first-order valence-electron chi connectivity index (χ1n) is 8.01. The molecule has 0 aliphatic rings. The molecular weight excluding hydrogens is 320 g/mol. The summed E-state index contributed by atoms with van der Waals surface area (Å²) < 4.78 is 22.0. The first-order chi connectivity index (χ1) is 12.1. The molecule has 0 saturated carbocycles. The van der Waals surface area contributed by atoms with Gasteiger partial charge in [0.2, 0.25) is 5.43 Å². The minimum Gasteiger partial charge on any atom is -0.494 e. The van der Waals surface area contributed by atoms with Crippen molar-refractivity contribution >= 4 is 11.0 Å². The highest BCUT2D eigenvalue weighted by atomic mass is 16.5. The lowest BCUT2D eigenvalue weighted by atomic mass is 10.0. The molecule has 3 aromatic rings. The third kappa shape index (κ3) is 3.05. The predicted molar refractivity (Wildman–Crippen MR) is 96.9 cm³/mol. The van der Waals surface area contributed by atoms with Gasteiger partial charge in [-0.3, -0.25) is 4.79 Å². The summed E-state index contributed by atoms with van der Waals surface area (Å²) in [7, 11) is 3.13. The van der Waals surface area contributed by atoms with E-state index < -0.39 is 0 Å². The van der Waals surface area contributed by atoms with Crippen LogP contribution in [0.4, 0.5) is 0 Å². The largest absolute Gasteiger partial charge is 0.494 e. The number of ether oxygens (including phenoxy) is 3. The second-order valence-corrected chi connectivity index (χ2v) is 5.52. The molecule has 0 aliphatic carbocycles. The molecule has 25 heavy (non-hydrogen) atoms. The molecule has 0 N–H and O–H groups in total. The number of methoxy groups -OCH3 is 2. The van der Waals surface area contributed by atoms with E-state index in [0.29, 0.717) is 46.1 Å².